The van der Waals surface area contributed by atoms with Gasteiger partial charge in [-0.1, -0.05) is 44.2 Å². The molecule has 3 aromatic rings. The number of nitriles is 1. The summed E-state index contributed by atoms with van der Waals surface area (Å²) in [6, 6.07) is 6.73. The second-order valence-electron chi connectivity index (χ2n) is 7.69. The zero-order valence-corrected chi connectivity index (χ0v) is 16.2. The maximum absolute atomic E-state index is 14.8. The van der Waals surface area contributed by atoms with E-state index >= 15 is 0 Å². The highest BCUT2D eigenvalue weighted by atomic mass is 19.3. The molecule has 1 aromatic carbocycles. The standard InChI is InChI=1S/C20H19F2N7/c1-12-16-8-7-13(20(21,22)18-24-27-28-25-18)9-17(16)29(26-12)11-15-6-4-5-14(10-23)19(15,2)3/h4-9,14H,11H2,1-3H3,(H,24,25,27,28). The van der Waals surface area contributed by atoms with Crippen molar-refractivity contribution >= 4 is 10.9 Å². The van der Waals surface area contributed by atoms with Crippen LogP contribution in [0.5, 0.6) is 0 Å². The molecule has 4 rings (SSSR count). The average Bonchev–Trinajstić information content (AvgIpc) is 3.32. The Kier molecular flexibility index (Phi) is 4.30. The van der Waals surface area contributed by atoms with E-state index in [1.54, 1.807) is 10.7 Å². The largest absolute Gasteiger partial charge is 0.335 e. The van der Waals surface area contributed by atoms with Crippen molar-refractivity contribution in [3.05, 3.63) is 59.1 Å². The molecule has 1 N–H and O–H groups in total. The molecule has 0 bridgehead atoms. The number of aryl methyl sites for hydroxylation is 1. The second kappa shape index (κ2) is 6.58. The molecular weight excluding hydrogens is 376 g/mol. The lowest BCUT2D eigenvalue weighted by Gasteiger charge is -2.33. The number of H-pyrrole nitrogens is 1. The fraction of sp³-hybridized carbons (Fsp3) is 0.350. The number of nitrogens with one attached hydrogen (secondary N) is 1. The van der Waals surface area contributed by atoms with Gasteiger partial charge in [-0.25, -0.2) is 0 Å². The van der Waals surface area contributed by atoms with Gasteiger partial charge < -0.3 is 0 Å². The molecule has 148 valence electrons. The third-order valence-corrected chi connectivity index (χ3v) is 5.59. The molecule has 0 saturated carbocycles. The van der Waals surface area contributed by atoms with E-state index in [4.69, 9.17) is 0 Å². The zero-order valence-electron chi connectivity index (χ0n) is 16.2. The van der Waals surface area contributed by atoms with Gasteiger partial charge in [-0.15, -0.1) is 10.2 Å². The van der Waals surface area contributed by atoms with Gasteiger partial charge in [-0.05, 0) is 23.8 Å². The van der Waals surface area contributed by atoms with Gasteiger partial charge in [0, 0.05) is 16.4 Å². The first kappa shape index (κ1) is 18.9. The van der Waals surface area contributed by atoms with Crippen LogP contribution in [-0.4, -0.2) is 30.4 Å². The quantitative estimate of drug-likeness (QED) is 0.727. The Balaban J connectivity index is 1.77. The molecule has 0 saturated heterocycles. The van der Waals surface area contributed by atoms with E-state index in [2.05, 4.69) is 31.8 Å². The number of rotatable bonds is 4. The van der Waals surface area contributed by atoms with Crippen molar-refractivity contribution in [2.75, 3.05) is 0 Å². The number of benzene rings is 1. The number of hydrogen-bond donors (Lipinski definition) is 1. The first-order valence-electron chi connectivity index (χ1n) is 9.12. The van der Waals surface area contributed by atoms with E-state index in [1.165, 1.54) is 12.1 Å². The molecule has 7 nitrogen and oxygen atoms in total. The van der Waals surface area contributed by atoms with E-state index in [0.717, 1.165) is 16.7 Å². The molecule has 1 aliphatic rings. The first-order chi connectivity index (χ1) is 13.7. The Morgan fingerprint density at radius 2 is 2.14 bits per heavy atom. The molecule has 2 heterocycles. The van der Waals surface area contributed by atoms with Crippen LogP contribution in [0.3, 0.4) is 0 Å². The lowest BCUT2D eigenvalue weighted by Crippen LogP contribution is -2.28. The van der Waals surface area contributed by atoms with Crippen molar-refractivity contribution in [1.29, 1.82) is 5.26 Å². The number of halogens is 2. The SMILES string of the molecule is Cc1nn(CC2=CC=CC(C#N)C2(C)C)c2cc(C(F)(F)c3nn[nH]n3)ccc12. The second-order valence-corrected chi connectivity index (χ2v) is 7.69. The summed E-state index contributed by atoms with van der Waals surface area (Å²) in [5, 5.41) is 27.0. The molecule has 1 unspecified atom stereocenters. The fourth-order valence-electron chi connectivity index (χ4n) is 3.64. The Hall–Kier alpha value is -3.41. The van der Waals surface area contributed by atoms with Gasteiger partial charge >= 0.3 is 5.92 Å². The van der Waals surface area contributed by atoms with Crippen LogP contribution >= 0.6 is 0 Å². The van der Waals surface area contributed by atoms with E-state index in [0.29, 0.717) is 12.1 Å². The molecular formula is C20H19F2N7. The van der Waals surface area contributed by atoms with Crippen molar-refractivity contribution < 1.29 is 8.78 Å². The summed E-state index contributed by atoms with van der Waals surface area (Å²) in [5.74, 6) is -4.33. The number of allylic oxidation sites excluding steroid dienone is 4. The van der Waals surface area contributed by atoms with Crippen LogP contribution in [0.2, 0.25) is 0 Å². The van der Waals surface area contributed by atoms with Crippen LogP contribution in [-0.2, 0) is 12.5 Å². The molecule has 0 fully saturated rings. The third kappa shape index (κ3) is 3.01. The highest BCUT2D eigenvalue weighted by molar-refractivity contribution is 5.82. The molecule has 1 aliphatic carbocycles. The number of alkyl halides is 2. The molecule has 0 radical (unpaired) electrons. The lowest BCUT2D eigenvalue weighted by molar-refractivity contribution is 0.0330. The fourth-order valence-corrected chi connectivity index (χ4v) is 3.64. The van der Waals surface area contributed by atoms with E-state index in [9.17, 15) is 14.0 Å². The van der Waals surface area contributed by atoms with Gasteiger partial charge in [0.1, 0.15) is 0 Å². The minimum atomic E-state index is -3.39. The average molecular weight is 395 g/mol. The summed E-state index contributed by atoms with van der Waals surface area (Å²) in [7, 11) is 0. The topological polar surface area (TPSA) is 96.1 Å². The maximum atomic E-state index is 14.8. The molecule has 9 heteroatoms. The van der Waals surface area contributed by atoms with Crippen LogP contribution in [0.1, 0.15) is 30.9 Å². The Bertz CT molecular complexity index is 1160. The predicted octanol–water partition coefficient (Wildman–Crippen LogP) is 3.66. The Morgan fingerprint density at radius 3 is 2.83 bits per heavy atom. The predicted molar refractivity (Wildman–Crippen MR) is 102 cm³/mol. The molecule has 1 atom stereocenters. The van der Waals surface area contributed by atoms with Gasteiger partial charge in [-0.3, -0.25) is 4.68 Å². The molecule has 0 amide bonds. The molecule has 0 aliphatic heterocycles. The normalized spacial score (nSPS) is 18.6. The van der Waals surface area contributed by atoms with Crippen molar-refractivity contribution in [1.82, 2.24) is 30.4 Å². The summed E-state index contributed by atoms with van der Waals surface area (Å²) >= 11 is 0. The van der Waals surface area contributed by atoms with E-state index in [1.807, 2.05) is 39.0 Å². The first-order valence-corrected chi connectivity index (χ1v) is 9.12. The highest BCUT2D eigenvalue weighted by Gasteiger charge is 2.39. The zero-order chi connectivity index (χ0) is 20.8. The van der Waals surface area contributed by atoms with Gasteiger partial charge in [-0.2, -0.15) is 24.4 Å². The number of hydrogen-bond acceptors (Lipinski definition) is 5. The van der Waals surface area contributed by atoms with Crippen molar-refractivity contribution in [2.45, 2.75) is 33.2 Å². The van der Waals surface area contributed by atoms with Crippen LogP contribution in [0.4, 0.5) is 8.78 Å². The highest BCUT2D eigenvalue weighted by Crippen LogP contribution is 2.40. The summed E-state index contributed by atoms with van der Waals surface area (Å²) in [4.78, 5) is 0. The van der Waals surface area contributed by atoms with E-state index in [-0.39, 0.29) is 16.9 Å². The van der Waals surface area contributed by atoms with Crippen LogP contribution in [0, 0.1) is 29.6 Å². The monoisotopic (exact) mass is 395 g/mol. The summed E-state index contributed by atoms with van der Waals surface area (Å²) in [6.45, 7) is 6.25. The van der Waals surface area contributed by atoms with Gasteiger partial charge in [0.2, 0.25) is 5.82 Å². The summed E-state index contributed by atoms with van der Waals surface area (Å²) < 4.78 is 31.3. The van der Waals surface area contributed by atoms with Crippen molar-refractivity contribution in [2.24, 2.45) is 11.3 Å². The van der Waals surface area contributed by atoms with Gasteiger partial charge in [0.25, 0.3) is 0 Å². The van der Waals surface area contributed by atoms with Gasteiger partial charge in [0.05, 0.1) is 29.7 Å². The minimum absolute atomic E-state index is 0.237. The Morgan fingerprint density at radius 1 is 1.34 bits per heavy atom. The third-order valence-electron chi connectivity index (χ3n) is 5.59. The number of tetrazole rings is 1. The van der Waals surface area contributed by atoms with Crippen LogP contribution in [0.15, 0.2) is 42.0 Å². The molecule has 2 aromatic heterocycles. The molecule has 29 heavy (non-hydrogen) atoms. The number of aromatic nitrogens is 6. The number of fused-ring (bicyclic) bond motifs is 1. The van der Waals surface area contributed by atoms with Crippen molar-refractivity contribution in [3.63, 3.8) is 0 Å². The number of nitrogens with zero attached hydrogens (tertiary/aromatic N) is 6. The van der Waals surface area contributed by atoms with Crippen LogP contribution in [0.25, 0.3) is 10.9 Å². The van der Waals surface area contributed by atoms with Crippen molar-refractivity contribution in [3.8, 4) is 6.07 Å². The smallest absolute Gasteiger partial charge is 0.260 e. The van der Waals surface area contributed by atoms with Crippen LogP contribution < -0.4 is 0 Å². The Labute approximate surface area is 165 Å². The van der Waals surface area contributed by atoms with E-state index < -0.39 is 11.7 Å². The lowest BCUT2D eigenvalue weighted by atomic mass is 9.71. The number of aromatic amines is 1. The van der Waals surface area contributed by atoms with Gasteiger partial charge in [0.15, 0.2) is 0 Å². The maximum Gasteiger partial charge on any atom is 0.335 e. The minimum Gasteiger partial charge on any atom is -0.260 e. The summed E-state index contributed by atoms with van der Waals surface area (Å²) in [6.07, 6.45) is 5.71. The summed E-state index contributed by atoms with van der Waals surface area (Å²) in [5.41, 5.74) is 1.71. The molecule has 0 spiro atoms.